The third-order valence-electron chi connectivity index (χ3n) is 10.1. The van der Waals surface area contributed by atoms with Crippen molar-refractivity contribution in [3.63, 3.8) is 0 Å². The first-order valence-electron chi connectivity index (χ1n) is 13.8. The van der Waals surface area contributed by atoms with Gasteiger partial charge in [-0.15, -0.1) is 0 Å². The van der Waals surface area contributed by atoms with Gasteiger partial charge in [-0.2, -0.15) is 0 Å². The van der Waals surface area contributed by atoms with E-state index in [1.807, 2.05) is 0 Å². The topological polar surface area (TPSA) is 27.7 Å². The normalized spacial score (nSPS) is 33.6. The number of rotatable bonds is 4. The Morgan fingerprint density at radius 2 is 1.31 bits per heavy atom. The first-order chi connectivity index (χ1) is 16.8. The second-order valence-electron chi connectivity index (χ2n) is 14.3. The minimum atomic E-state index is -2.60. The fourth-order valence-electron chi connectivity index (χ4n) is 7.68. The fraction of sp³-hybridized carbons (Fsp3) is 0.625. The van der Waals surface area contributed by atoms with Gasteiger partial charge in [0, 0.05) is 24.4 Å². The van der Waals surface area contributed by atoms with E-state index in [9.17, 15) is 0 Å². The SMILES string of the molecule is C[C@@H]1[C@H](O[Si](c2ccccc2)(c2ccccc2)C(C)(C)C)C[C@]2(C)CC3(C[C@]12C)OCC(C)(C)CO3. The van der Waals surface area contributed by atoms with Crippen molar-refractivity contribution >= 4 is 18.7 Å². The minimum Gasteiger partial charge on any atom is -0.404 e. The van der Waals surface area contributed by atoms with Gasteiger partial charge in [0.25, 0.3) is 8.32 Å². The van der Waals surface area contributed by atoms with Gasteiger partial charge in [0.1, 0.15) is 0 Å². The molecule has 2 saturated carbocycles. The van der Waals surface area contributed by atoms with Gasteiger partial charge in [0.15, 0.2) is 5.79 Å². The highest BCUT2D eigenvalue weighted by atomic mass is 28.4. The Morgan fingerprint density at radius 1 is 0.806 bits per heavy atom. The Kier molecular flexibility index (Phi) is 6.19. The molecule has 0 bridgehead atoms. The van der Waals surface area contributed by atoms with Crippen LogP contribution in [0.5, 0.6) is 0 Å². The molecule has 5 rings (SSSR count). The zero-order valence-electron chi connectivity index (χ0n) is 23.7. The Hall–Kier alpha value is -1.46. The molecule has 3 fully saturated rings. The van der Waals surface area contributed by atoms with Gasteiger partial charge in [-0.05, 0) is 38.6 Å². The molecular weight excluding hydrogens is 460 g/mol. The summed E-state index contributed by atoms with van der Waals surface area (Å²) < 4.78 is 20.7. The first kappa shape index (κ1) is 26.2. The van der Waals surface area contributed by atoms with Crippen LogP contribution >= 0.6 is 0 Å². The molecule has 0 unspecified atom stereocenters. The summed E-state index contributed by atoms with van der Waals surface area (Å²) in [6.07, 6.45) is 3.16. The van der Waals surface area contributed by atoms with Gasteiger partial charge in [-0.3, -0.25) is 0 Å². The molecule has 1 heterocycles. The number of hydrogen-bond acceptors (Lipinski definition) is 3. The molecule has 2 aromatic rings. The lowest BCUT2D eigenvalue weighted by Crippen LogP contribution is -2.68. The summed E-state index contributed by atoms with van der Waals surface area (Å²) in [5.74, 6) is -0.0268. The van der Waals surface area contributed by atoms with E-state index in [1.165, 1.54) is 10.4 Å². The second-order valence-corrected chi connectivity index (χ2v) is 18.5. The van der Waals surface area contributed by atoms with Crippen molar-refractivity contribution in [3.05, 3.63) is 60.7 Å². The molecule has 1 spiro atoms. The molecule has 0 N–H and O–H groups in total. The van der Waals surface area contributed by atoms with Crippen LogP contribution in [0.15, 0.2) is 60.7 Å². The van der Waals surface area contributed by atoms with Crippen molar-refractivity contribution in [2.24, 2.45) is 22.2 Å². The Balaban J connectivity index is 1.51. The van der Waals surface area contributed by atoms with E-state index in [0.717, 1.165) is 32.5 Å². The maximum Gasteiger partial charge on any atom is 0.261 e. The summed E-state index contributed by atoms with van der Waals surface area (Å²) in [6, 6.07) is 22.1. The van der Waals surface area contributed by atoms with Crippen LogP contribution < -0.4 is 10.4 Å². The van der Waals surface area contributed by atoms with Gasteiger partial charge in [-0.25, -0.2) is 0 Å². The Bertz CT molecular complexity index is 1030. The molecule has 4 heteroatoms. The zero-order valence-corrected chi connectivity index (χ0v) is 24.7. The molecule has 3 nitrogen and oxygen atoms in total. The molecule has 196 valence electrons. The van der Waals surface area contributed by atoms with Crippen molar-refractivity contribution in [3.8, 4) is 0 Å². The van der Waals surface area contributed by atoms with E-state index in [4.69, 9.17) is 13.9 Å². The summed E-state index contributed by atoms with van der Waals surface area (Å²) in [4.78, 5) is 0. The second kappa shape index (κ2) is 8.52. The number of benzene rings is 2. The van der Waals surface area contributed by atoms with Crippen LogP contribution in [0.1, 0.15) is 74.7 Å². The predicted octanol–water partition coefficient (Wildman–Crippen LogP) is 6.55. The third kappa shape index (κ3) is 3.95. The Labute approximate surface area is 220 Å². The Morgan fingerprint density at radius 3 is 1.75 bits per heavy atom. The van der Waals surface area contributed by atoms with Crippen LogP contribution in [0.3, 0.4) is 0 Å². The molecule has 2 aliphatic carbocycles. The monoisotopic (exact) mass is 506 g/mol. The fourth-order valence-corrected chi connectivity index (χ4v) is 12.4. The average molecular weight is 507 g/mol. The van der Waals surface area contributed by atoms with Crippen molar-refractivity contribution in [2.75, 3.05) is 13.2 Å². The van der Waals surface area contributed by atoms with Crippen molar-refractivity contribution in [1.29, 1.82) is 0 Å². The lowest BCUT2D eigenvalue weighted by Gasteiger charge is -2.47. The number of ether oxygens (including phenoxy) is 2. The highest BCUT2D eigenvalue weighted by Gasteiger charge is 2.69. The van der Waals surface area contributed by atoms with E-state index >= 15 is 0 Å². The van der Waals surface area contributed by atoms with Gasteiger partial charge in [-0.1, -0.05) is 116 Å². The minimum absolute atomic E-state index is 0.0165. The summed E-state index contributed by atoms with van der Waals surface area (Å²) in [6.45, 7) is 20.5. The zero-order chi connectivity index (χ0) is 26.0. The maximum absolute atomic E-state index is 7.68. The molecule has 4 atom stereocenters. The van der Waals surface area contributed by atoms with Crippen LogP contribution in [0.4, 0.5) is 0 Å². The van der Waals surface area contributed by atoms with E-state index in [0.29, 0.717) is 5.92 Å². The van der Waals surface area contributed by atoms with Gasteiger partial charge in [0.05, 0.1) is 13.2 Å². The van der Waals surface area contributed by atoms with E-state index in [1.54, 1.807) is 0 Å². The summed E-state index contributed by atoms with van der Waals surface area (Å²) in [5.41, 5.74) is 0.305. The van der Waals surface area contributed by atoms with Gasteiger partial charge in [0.2, 0.25) is 0 Å². The predicted molar refractivity (Wildman–Crippen MR) is 150 cm³/mol. The lowest BCUT2D eigenvalue weighted by atomic mass is 9.67. The van der Waals surface area contributed by atoms with E-state index < -0.39 is 14.1 Å². The van der Waals surface area contributed by atoms with Crippen molar-refractivity contribution in [2.45, 2.75) is 91.6 Å². The molecule has 36 heavy (non-hydrogen) atoms. The molecule has 2 aromatic carbocycles. The van der Waals surface area contributed by atoms with Crippen LogP contribution in [0.2, 0.25) is 5.04 Å². The van der Waals surface area contributed by atoms with Crippen LogP contribution in [0.25, 0.3) is 0 Å². The third-order valence-corrected chi connectivity index (χ3v) is 15.1. The van der Waals surface area contributed by atoms with Crippen molar-refractivity contribution in [1.82, 2.24) is 0 Å². The standard InChI is InChI=1S/C32H46O3Si/c1-24-27(19-30(7)20-32(21-31(24,30)8)33-22-29(5,6)23-34-32)35-36(28(2,3)4,25-15-11-9-12-16-25)26-17-13-10-14-18-26/h9-18,24,27H,19-23H2,1-8H3/t24-,27-,30-,31-/m1/s1. The summed E-state index contributed by atoms with van der Waals surface area (Å²) in [7, 11) is -2.60. The average Bonchev–Trinajstić information content (AvgIpc) is 3.15. The number of fused-ring (bicyclic) bond motifs is 1. The van der Waals surface area contributed by atoms with E-state index in [2.05, 4.69) is 116 Å². The first-order valence-corrected chi connectivity index (χ1v) is 15.7. The lowest BCUT2D eigenvalue weighted by molar-refractivity contribution is -0.301. The molecule has 0 amide bonds. The molecule has 1 aliphatic heterocycles. The smallest absolute Gasteiger partial charge is 0.261 e. The molecule has 0 aromatic heterocycles. The summed E-state index contributed by atoms with van der Waals surface area (Å²) in [5, 5.41) is 2.71. The van der Waals surface area contributed by atoms with Crippen LogP contribution in [0, 0.1) is 22.2 Å². The molecule has 0 radical (unpaired) electrons. The van der Waals surface area contributed by atoms with Crippen LogP contribution in [-0.2, 0) is 13.9 Å². The van der Waals surface area contributed by atoms with Crippen LogP contribution in [-0.4, -0.2) is 33.4 Å². The highest BCUT2D eigenvalue weighted by Crippen LogP contribution is 2.70. The largest absolute Gasteiger partial charge is 0.404 e. The van der Waals surface area contributed by atoms with Crippen molar-refractivity contribution < 1.29 is 13.9 Å². The maximum atomic E-state index is 7.68. The molecule has 1 saturated heterocycles. The summed E-state index contributed by atoms with van der Waals surface area (Å²) >= 11 is 0. The van der Waals surface area contributed by atoms with Gasteiger partial charge >= 0.3 is 0 Å². The molecular formula is C32H46O3Si. The quantitative estimate of drug-likeness (QED) is 0.440. The highest BCUT2D eigenvalue weighted by molar-refractivity contribution is 6.99. The van der Waals surface area contributed by atoms with E-state index in [-0.39, 0.29) is 27.4 Å². The van der Waals surface area contributed by atoms with Gasteiger partial charge < -0.3 is 13.9 Å². The molecule has 3 aliphatic rings. The number of hydrogen-bond donors (Lipinski definition) is 0.